The monoisotopic (exact) mass is 280 g/mol. The Labute approximate surface area is 120 Å². The third-order valence-corrected chi connectivity index (χ3v) is 3.14. The van der Waals surface area contributed by atoms with Gasteiger partial charge in [-0.15, -0.1) is 0 Å². The minimum Gasteiger partial charge on any atom is -0.259 e. The Morgan fingerprint density at radius 1 is 1.05 bits per heavy atom. The molecule has 0 amide bonds. The molecule has 3 rings (SSSR count). The molecule has 0 aliphatic rings. The largest absolute Gasteiger partial charge is 0.259 e. The molecule has 0 saturated carbocycles. The molecule has 3 aromatic rings. The Hall–Kier alpha value is -2.64. The highest BCUT2D eigenvalue weighted by Crippen LogP contribution is 2.23. The van der Waals surface area contributed by atoms with Crippen LogP contribution in [0.1, 0.15) is 5.56 Å². The SMILES string of the molecule is N#Cc1ccccc1-c1nc(-c2ccc(Cl)cc2)n[nH]1. The molecular formula is C15H9ClN4. The number of aromatic amines is 1. The predicted molar refractivity (Wildman–Crippen MR) is 77.0 cm³/mol. The molecular weight excluding hydrogens is 272 g/mol. The summed E-state index contributed by atoms with van der Waals surface area (Å²) in [7, 11) is 0. The molecule has 0 fully saturated rings. The molecule has 2 aromatic carbocycles. The molecule has 0 saturated heterocycles. The highest BCUT2D eigenvalue weighted by Gasteiger charge is 2.10. The van der Waals surface area contributed by atoms with Crippen molar-refractivity contribution in [2.45, 2.75) is 0 Å². The Balaban J connectivity index is 2.02. The van der Waals surface area contributed by atoms with E-state index in [1.54, 1.807) is 18.2 Å². The molecule has 5 heteroatoms. The van der Waals surface area contributed by atoms with Crippen molar-refractivity contribution in [3.8, 4) is 28.8 Å². The molecule has 0 radical (unpaired) electrons. The maximum Gasteiger partial charge on any atom is 0.181 e. The lowest BCUT2D eigenvalue weighted by molar-refractivity contribution is 1.10. The summed E-state index contributed by atoms with van der Waals surface area (Å²) in [4.78, 5) is 4.43. The number of nitrogens with zero attached hydrogens (tertiary/aromatic N) is 3. The Bertz CT molecular complexity index is 784. The fourth-order valence-electron chi connectivity index (χ4n) is 1.90. The molecule has 0 bridgehead atoms. The third kappa shape index (κ3) is 2.27. The maximum atomic E-state index is 9.11. The second-order valence-electron chi connectivity index (χ2n) is 4.17. The summed E-state index contributed by atoms with van der Waals surface area (Å²) in [6, 6.07) is 16.7. The van der Waals surface area contributed by atoms with Gasteiger partial charge in [0.2, 0.25) is 0 Å². The van der Waals surface area contributed by atoms with Crippen molar-refractivity contribution < 1.29 is 0 Å². The van der Waals surface area contributed by atoms with Crippen LogP contribution in [0.2, 0.25) is 5.02 Å². The second kappa shape index (κ2) is 5.16. The standard InChI is InChI=1S/C15H9ClN4/c16-12-7-5-10(6-8-12)14-18-15(20-19-14)13-4-2-1-3-11(13)9-17/h1-8H,(H,18,19,20). The normalized spacial score (nSPS) is 10.2. The lowest BCUT2D eigenvalue weighted by atomic mass is 10.1. The number of H-pyrrole nitrogens is 1. The topological polar surface area (TPSA) is 65.4 Å². The zero-order valence-corrected chi connectivity index (χ0v) is 11.1. The fourth-order valence-corrected chi connectivity index (χ4v) is 2.02. The number of nitrogens with one attached hydrogen (secondary N) is 1. The Kier molecular flexibility index (Phi) is 3.20. The third-order valence-electron chi connectivity index (χ3n) is 2.89. The highest BCUT2D eigenvalue weighted by molar-refractivity contribution is 6.30. The van der Waals surface area contributed by atoms with Gasteiger partial charge in [0.1, 0.15) is 0 Å². The average molecular weight is 281 g/mol. The number of aromatic nitrogens is 3. The van der Waals surface area contributed by atoms with Crippen LogP contribution in [0.15, 0.2) is 48.5 Å². The van der Waals surface area contributed by atoms with Crippen molar-refractivity contribution in [3.63, 3.8) is 0 Å². The lowest BCUT2D eigenvalue weighted by Gasteiger charge is -1.98. The average Bonchev–Trinajstić information content (AvgIpc) is 2.97. The van der Waals surface area contributed by atoms with Crippen molar-refractivity contribution in [2.75, 3.05) is 0 Å². The molecule has 0 atom stereocenters. The summed E-state index contributed by atoms with van der Waals surface area (Å²) in [6.45, 7) is 0. The molecule has 1 heterocycles. The van der Waals surface area contributed by atoms with E-state index in [0.717, 1.165) is 11.1 Å². The molecule has 4 nitrogen and oxygen atoms in total. The lowest BCUT2D eigenvalue weighted by Crippen LogP contribution is -1.86. The van der Waals surface area contributed by atoms with Gasteiger partial charge in [-0.3, -0.25) is 5.10 Å². The molecule has 20 heavy (non-hydrogen) atoms. The van der Waals surface area contributed by atoms with Gasteiger partial charge >= 0.3 is 0 Å². The van der Waals surface area contributed by atoms with Gasteiger partial charge < -0.3 is 0 Å². The van der Waals surface area contributed by atoms with E-state index in [0.29, 0.717) is 22.2 Å². The van der Waals surface area contributed by atoms with Crippen molar-refractivity contribution in [1.82, 2.24) is 15.2 Å². The van der Waals surface area contributed by atoms with Crippen LogP contribution in [0.3, 0.4) is 0 Å². The van der Waals surface area contributed by atoms with Crippen molar-refractivity contribution in [3.05, 3.63) is 59.1 Å². The van der Waals surface area contributed by atoms with Crippen LogP contribution in [0.5, 0.6) is 0 Å². The van der Waals surface area contributed by atoms with Gasteiger partial charge in [0.05, 0.1) is 11.6 Å². The van der Waals surface area contributed by atoms with Gasteiger partial charge in [0, 0.05) is 16.1 Å². The number of rotatable bonds is 2. The Morgan fingerprint density at radius 3 is 2.55 bits per heavy atom. The summed E-state index contributed by atoms with van der Waals surface area (Å²) in [6.07, 6.45) is 0. The van der Waals surface area contributed by atoms with E-state index >= 15 is 0 Å². The number of hydrogen-bond donors (Lipinski definition) is 1. The van der Waals surface area contributed by atoms with Crippen LogP contribution in [0, 0.1) is 11.3 Å². The second-order valence-corrected chi connectivity index (χ2v) is 4.61. The summed E-state index contributed by atoms with van der Waals surface area (Å²) in [5.74, 6) is 1.15. The zero-order valence-electron chi connectivity index (χ0n) is 10.3. The predicted octanol–water partition coefficient (Wildman–Crippen LogP) is 3.66. The number of hydrogen-bond acceptors (Lipinski definition) is 3. The Morgan fingerprint density at radius 2 is 1.80 bits per heavy atom. The summed E-state index contributed by atoms with van der Waals surface area (Å²) >= 11 is 5.86. The van der Waals surface area contributed by atoms with E-state index in [1.165, 1.54) is 0 Å². The van der Waals surface area contributed by atoms with Gasteiger partial charge in [0.25, 0.3) is 0 Å². The van der Waals surface area contributed by atoms with Crippen LogP contribution >= 0.6 is 11.6 Å². The fraction of sp³-hybridized carbons (Fsp3) is 0. The number of benzene rings is 2. The molecule has 0 unspecified atom stereocenters. The molecule has 0 aliphatic heterocycles. The van der Waals surface area contributed by atoms with Gasteiger partial charge in [-0.05, 0) is 36.4 Å². The van der Waals surface area contributed by atoms with Gasteiger partial charge in [0.15, 0.2) is 11.6 Å². The van der Waals surface area contributed by atoms with Crippen molar-refractivity contribution in [2.24, 2.45) is 0 Å². The van der Waals surface area contributed by atoms with E-state index in [9.17, 15) is 0 Å². The van der Waals surface area contributed by atoms with Gasteiger partial charge in [-0.2, -0.15) is 10.4 Å². The molecule has 0 aliphatic carbocycles. The van der Waals surface area contributed by atoms with E-state index in [4.69, 9.17) is 16.9 Å². The van der Waals surface area contributed by atoms with Crippen molar-refractivity contribution in [1.29, 1.82) is 5.26 Å². The van der Waals surface area contributed by atoms with Crippen LogP contribution in [-0.4, -0.2) is 15.2 Å². The zero-order chi connectivity index (χ0) is 13.9. The summed E-state index contributed by atoms with van der Waals surface area (Å²) in [5, 5.41) is 16.8. The molecule has 0 spiro atoms. The summed E-state index contributed by atoms with van der Waals surface area (Å²) in [5.41, 5.74) is 2.17. The number of halogens is 1. The minimum absolute atomic E-state index is 0.561. The first-order chi connectivity index (χ1) is 9.78. The minimum atomic E-state index is 0.561. The first-order valence-electron chi connectivity index (χ1n) is 5.96. The first-order valence-corrected chi connectivity index (χ1v) is 6.33. The maximum absolute atomic E-state index is 9.11. The summed E-state index contributed by atoms with van der Waals surface area (Å²) < 4.78 is 0. The van der Waals surface area contributed by atoms with Crippen LogP contribution in [-0.2, 0) is 0 Å². The van der Waals surface area contributed by atoms with E-state index in [-0.39, 0.29) is 0 Å². The van der Waals surface area contributed by atoms with Gasteiger partial charge in [-0.1, -0.05) is 23.7 Å². The van der Waals surface area contributed by atoms with Crippen LogP contribution in [0.25, 0.3) is 22.8 Å². The molecule has 1 N–H and O–H groups in total. The molecule has 96 valence electrons. The van der Waals surface area contributed by atoms with Crippen molar-refractivity contribution >= 4 is 11.6 Å². The van der Waals surface area contributed by atoms with E-state index in [2.05, 4.69) is 21.3 Å². The molecule has 1 aromatic heterocycles. The quantitative estimate of drug-likeness (QED) is 0.779. The number of nitriles is 1. The van der Waals surface area contributed by atoms with Gasteiger partial charge in [-0.25, -0.2) is 4.98 Å². The van der Waals surface area contributed by atoms with E-state index < -0.39 is 0 Å². The van der Waals surface area contributed by atoms with E-state index in [1.807, 2.05) is 30.3 Å². The van der Waals surface area contributed by atoms with Crippen LogP contribution < -0.4 is 0 Å². The highest BCUT2D eigenvalue weighted by atomic mass is 35.5. The smallest absolute Gasteiger partial charge is 0.181 e. The first kappa shape index (κ1) is 12.4. The van der Waals surface area contributed by atoms with Crippen LogP contribution in [0.4, 0.5) is 0 Å².